The topological polar surface area (TPSA) is 68.0 Å². The summed E-state index contributed by atoms with van der Waals surface area (Å²) in [6, 6.07) is 9.65. The smallest absolute Gasteiger partial charge is 0.409 e. The minimum atomic E-state index is -0.233. The van der Waals surface area contributed by atoms with Crippen LogP contribution in [0.1, 0.15) is 12.6 Å². The third kappa shape index (κ3) is 4.30. The molecule has 134 valence electrons. The van der Waals surface area contributed by atoms with Gasteiger partial charge in [0.25, 0.3) is 0 Å². The van der Waals surface area contributed by atoms with Gasteiger partial charge in [0.1, 0.15) is 5.75 Å². The molecule has 1 amide bonds. The van der Waals surface area contributed by atoms with Crippen LogP contribution in [0.5, 0.6) is 5.75 Å². The zero-order valence-corrected chi connectivity index (χ0v) is 14.6. The fourth-order valence-electron chi connectivity index (χ4n) is 2.83. The number of carbonyl (C=O) groups excluding carboxylic acids is 1. The number of ether oxygens (including phenoxy) is 2. The lowest BCUT2D eigenvalue weighted by Gasteiger charge is -2.33. The van der Waals surface area contributed by atoms with E-state index in [9.17, 15) is 4.79 Å². The van der Waals surface area contributed by atoms with Crippen molar-refractivity contribution < 1.29 is 18.8 Å². The van der Waals surface area contributed by atoms with Crippen LogP contribution in [-0.2, 0) is 11.3 Å². The second kappa shape index (κ2) is 8.02. The molecule has 1 aliphatic heterocycles. The highest BCUT2D eigenvalue weighted by Crippen LogP contribution is 2.25. The van der Waals surface area contributed by atoms with E-state index in [-0.39, 0.29) is 6.09 Å². The van der Waals surface area contributed by atoms with Crippen LogP contribution in [0.4, 0.5) is 4.79 Å². The Morgan fingerprint density at radius 2 is 2.04 bits per heavy atom. The number of carbonyl (C=O) groups is 1. The van der Waals surface area contributed by atoms with Crippen LogP contribution in [0.15, 0.2) is 34.9 Å². The molecule has 1 saturated heterocycles. The first-order chi connectivity index (χ1) is 12.2. The normalized spacial score (nSPS) is 15.2. The molecule has 7 nitrogen and oxygen atoms in total. The Kier molecular flexibility index (Phi) is 5.55. The van der Waals surface area contributed by atoms with E-state index >= 15 is 0 Å². The van der Waals surface area contributed by atoms with Crippen molar-refractivity contribution in [3.8, 4) is 17.1 Å². The van der Waals surface area contributed by atoms with Crippen molar-refractivity contribution in [2.24, 2.45) is 0 Å². The summed E-state index contributed by atoms with van der Waals surface area (Å²) in [7, 11) is 1.64. The number of amides is 1. The van der Waals surface area contributed by atoms with Gasteiger partial charge in [-0.15, -0.1) is 0 Å². The number of nitrogens with zero attached hydrogens (tertiary/aromatic N) is 3. The van der Waals surface area contributed by atoms with E-state index in [0.717, 1.165) is 35.9 Å². The first kappa shape index (κ1) is 17.3. The lowest BCUT2D eigenvalue weighted by atomic mass is 10.1. The van der Waals surface area contributed by atoms with Crippen LogP contribution in [0.2, 0.25) is 0 Å². The number of aromatic nitrogens is 1. The molecule has 0 atom stereocenters. The average Bonchev–Trinajstić information content (AvgIpc) is 3.11. The van der Waals surface area contributed by atoms with Gasteiger partial charge in [-0.3, -0.25) is 4.90 Å². The van der Waals surface area contributed by atoms with Crippen molar-refractivity contribution in [2.75, 3.05) is 39.9 Å². The van der Waals surface area contributed by atoms with E-state index in [1.165, 1.54) is 0 Å². The molecule has 2 aromatic rings. The highest BCUT2D eigenvalue weighted by Gasteiger charge is 2.22. The maximum Gasteiger partial charge on any atom is 0.409 e. The molecule has 1 aliphatic rings. The fraction of sp³-hybridized carbons (Fsp3) is 0.444. The minimum absolute atomic E-state index is 0.233. The maximum absolute atomic E-state index is 11.7. The fourth-order valence-corrected chi connectivity index (χ4v) is 2.83. The quantitative estimate of drug-likeness (QED) is 0.830. The Bertz CT molecular complexity index is 708. The molecule has 0 N–H and O–H groups in total. The summed E-state index contributed by atoms with van der Waals surface area (Å²) in [5.41, 5.74) is 1.81. The van der Waals surface area contributed by atoms with Crippen LogP contribution in [0, 0.1) is 0 Å². The number of hydrogen-bond acceptors (Lipinski definition) is 6. The molecule has 2 heterocycles. The Hall–Kier alpha value is -2.54. The van der Waals surface area contributed by atoms with Gasteiger partial charge in [-0.2, -0.15) is 0 Å². The lowest BCUT2D eigenvalue weighted by molar-refractivity contribution is 0.0772. The number of methoxy groups -OCH3 is 1. The molecule has 0 bridgehead atoms. The predicted octanol–water partition coefficient (Wildman–Crippen LogP) is 2.62. The van der Waals surface area contributed by atoms with Crippen molar-refractivity contribution in [3.63, 3.8) is 0 Å². The summed E-state index contributed by atoms with van der Waals surface area (Å²) in [6.07, 6.45) is -0.233. The zero-order valence-electron chi connectivity index (χ0n) is 14.6. The van der Waals surface area contributed by atoms with Crippen molar-refractivity contribution in [1.82, 2.24) is 15.0 Å². The summed E-state index contributed by atoms with van der Waals surface area (Å²) in [4.78, 5) is 15.7. The SMILES string of the molecule is CCOC(=O)N1CCN(Cc2cc(-c3cccc(OC)c3)on2)CC1. The lowest BCUT2D eigenvalue weighted by Crippen LogP contribution is -2.48. The van der Waals surface area contributed by atoms with Gasteiger partial charge >= 0.3 is 6.09 Å². The van der Waals surface area contributed by atoms with Crippen LogP contribution >= 0.6 is 0 Å². The zero-order chi connectivity index (χ0) is 17.6. The molecule has 25 heavy (non-hydrogen) atoms. The van der Waals surface area contributed by atoms with Crippen molar-refractivity contribution in [1.29, 1.82) is 0 Å². The number of piperazine rings is 1. The van der Waals surface area contributed by atoms with Gasteiger partial charge < -0.3 is 18.9 Å². The Balaban J connectivity index is 1.56. The van der Waals surface area contributed by atoms with Gasteiger partial charge in [0.2, 0.25) is 0 Å². The molecule has 0 aliphatic carbocycles. The second-order valence-corrected chi connectivity index (χ2v) is 5.88. The molecule has 0 saturated carbocycles. The van der Waals surface area contributed by atoms with E-state index in [2.05, 4.69) is 10.1 Å². The minimum Gasteiger partial charge on any atom is -0.497 e. The Morgan fingerprint density at radius 3 is 2.76 bits per heavy atom. The highest BCUT2D eigenvalue weighted by molar-refractivity contribution is 5.67. The van der Waals surface area contributed by atoms with E-state index in [4.69, 9.17) is 14.0 Å². The molecule has 0 unspecified atom stereocenters. The van der Waals surface area contributed by atoms with Gasteiger partial charge in [0.15, 0.2) is 5.76 Å². The largest absolute Gasteiger partial charge is 0.497 e. The van der Waals surface area contributed by atoms with Crippen LogP contribution in [-0.4, -0.2) is 60.9 Å². The van der Waals surface area contributed by atoms with Crippen molar-refractivity contribution in [3.05, 3.63) is 36.0 Å². The molecule has 0 spiro atoms. The van der Waals surface area contributed by atoms with Crippen LogP contribution < -0.4 is 4.74 Å². The number of rotatable bonds is 5. The summed E-state index contributed by atoms with van der Waals surface area (Å²) < 4.78 is 15.7. The molecule has 1 fully saturated rings. The summed E-state index contributed by atoms with van der Waals surface area (Å²) in [5, 5.41) is 4.16. The average molecular weight is 345 g/mol. The molecule has 1 aromatic carbocycles. The second-order valence-electron chi connectivity index (χ2n) is 5.88. The van der Waals surface area contributed by atoms with Crippen LogP contribution in [0.25, 0.3) is 11.3 Å². The molecule has 3 rings (SSSR count). The summed E-state index contributed by atoms with van der Waals surface area (Å²) in [5.74, 6) is 1.50. The molecule has 7 heteroatoms. The van der Waals surface area contributed by atoms with Crippen LogP contribution in [0.3, 0.4) is 0 Å². The third-order valence-corrected chi connectivity index (χ3v) is 4.20. The third-order valence-electron chi connectivity index (χ3n) is 4.20. The standard InChI is InChI=1S/C18H23N3O4/c1-3-24-18(22)21-9-7-20(8-10-21)13-15-12-17(25-19-15)14-5-4-6-16(11-14)23-2/h4-6,11-12H,3,7-10,13H2,1-2H3. The monoisotopic (exact) mass is 345 g/mol. The molecular formula is C18H23N3O4. The summed E-state index contributed by atoms with van der Waals surface area (Å²) in [6.45, 7) is 5.84. The van der Waals surface area contributed by atoms with Gasteiger partial charge in [-0.1, -0.05) is 17.3 Å². The number of benzene rings is 1. The van der Waals surface area contributed by atoms with E-state index in [0.29, 0.717) is 26.2 Å². The maximum atomic E-state index is 11.7. The van der Waals surface area contributed by atoms with Gasteiger partial charge in [0, 0.05) is 44.4 Å². The van der Waals surface area contributed by atoms with Crippen molar-refractivity contribution in [2.45, 2.75) is 13.5 Å². The highest BCUT2D eigenvalue weighted by atomic mass is 16.6. The Labute approximate surface area is 147 Å². The van der Waals surface area contributed by atoms with E-state index in [1.54, 1.807) is 12.0 Å². The van der Waals surface area contributed by atoms with Gasteiger partial charge in [-0.25, -0.2) is 4.79 Å². The van der Waals surface area contributed by atoms with Crippen molar-refractivity contribution >= 4 is 6.09 Å². The van der Waals surface area contributed by atoms with E-state index < -0.39 is 0 Å². The van der Waals surface area contributed by atoms with Gasteiger partial charge in [-0.05, 0) is 19.1 Å². The summed E-state index contributed by atoms with van der Waals surface area (Å²) >= 11 is 0. The molecular weight excluding hydrogens is 322 g/mol. The molecule has 0 radical (unpaired) electrons. The molecule has 1 aromatic heterocycles. The predicted molar refractivity (Wildman–Crippen MR) is 92.4 cm³/mol. The first-order valence-corrected chi connectivity index (χ1v) is 8.43. The first-order valence-electron chi connectivity index (χ1n) is 8.43. The Morgan fingerprint density at radius 1 is 1.24 bits per heavy atom. The number of hydrogen-bond donors (Lipinski definition) is 0. The van der Waals surface area contributed by atoms with E-state index in [1.807, 2.05) is 37.3 Å². The van der Waals surface area contributed by atoms with Gasteiger partial charge in [0.05, 0.1) is 19.4 Å².